The second-order valence-corrected chi connectivity index (χ2v) is 13.1. The van der Waals surface area contributed by atoms with Crippen molar-refractivity contribution in [2.75, 3.05) is 6.61 Å². The largest absolute Gasteiger partial charge is 0.463 e. The summed E-state index contributed by atoms with van der Waals surface area (Å²) < 4.78 is 23.4. The van der Waals surface area contributed by atoms with Crippen LogP contribution >= 0.6 is 11.3 Å². The molecule has 0 unspecified atom stereocenters. The summed E-state index contributed by atoms with van der Waals surface area (Å²) >= 11 is 1.30. The van der Waals surface area contributed by atoms with Gasteiger partial charge >= 0.3 is 5.97 Å². The molecule has 1 atom stereocenters. The highest BCUT2D eigenvalue weighted by Crippen LogP contribution is 2.35. The average molecular weight is 656 g/mol. The van der Waals surface area contributed by atoms with Crippen LogP contribution in [0.4, 0.5) is 4.39 Å². The van der Waals surface area contributed by atoms with Crippen molar-refractivity contribution in [2.24, 2.45) is 4.99 Å². The van der Waals surface area contributed by atoms with E-state index in [4.69, 9.17) is 9.73 Å². The first kappa shape index (κ1) is 31.3. The molecular weight excluding hydrogens is 622 g/mol. The lowest BCUT2D eigenvalue weighted by Crippen LogP contribution is -2.40. The minimum atomic E-state index is -0.737. The maximum Gasteiger partial charge on any atom is 0.338 e. The van der Waals surface area contributed by atoms with Crippen LogP contribution in [-0.2, 0) is 16.1 Å². The van der Waals surface area contributed by atoms with Crippen molar-refractivity contribution in [3.05, 3.63) is 168 Å². The number of halogens is 1. The second kappa shape index (κ2) is 13.0. The fourth-order valence-electron chi connectivity index (χ4n) is 6.27. The molecule has 0 fully saturated rings. The van der Waals surface area contributed by atoms with E-state index >= 15 is 0 Å². The van der Waals surface area contributed by atoms with Gasteiger partial charge in [-0.25, -0.2) is 14.2 Å². The van der Waals surface area contributed by atoms with Gasteiger partial charge in [-0.3, -0.25) is 9.36 Å². The van der Waals surface area contributed by atoms with Crippen molar-refractivity contribution in [3.63, 3.8) is 0 Å². The van der Waals surface area contributed by atoms with Crippen LogP contribution < -0.4 is 14.9 Å². The minimum absolute atomic E-state index is 0.190. The van der Waals surface area contributed by atoms with Crippen molar-refractivity contribution in [2.45, 2.75) is 39.3 Å². The van der Waals surface area contributed by atoms with E-state index in [1.165, 1.54) is 23.5 Å². The molecule has 0 saturated carbocycles. The van der Waals surface area contributed by atoms with E-state index in [2.05, 4.69) is 30.5 Å². The van der Waals surface area contributed by atoms with Crippen molar-refractivity contribution in [1.29, 1.82) is 0 Å². The van der Waals surface area contributed by atoms with Crippen LogP contribution in [0.15, 0.2) is 125 Å². The summed E-state index contributed by atoms with van der Waals surface area (Å²) in [6.45, 7) is 6.77. The van der Waals surface area contributed by atoms with Gasteiger partial charge < -0.3 is 9.30 Å². The molecule has 0 bridgehead atoms. The molecule has 0 saturated heterocycles. The molecule has 240 valence electrons. The van der Waals surface area contributed by atoms with Crippen molar-refractivity contribution < 1.29 is 13.9 Å². The molecule has 0 N–H and O–H groups in total. The van der Waals surface area contributed by atoms with Gasteiger partial charge in [0.2, 0.25) is 0 Å². The van der Waals surface area contributed by atoms with Crippen LogP contribution in [0.2, 0.25) is 0 Å². The standard InChI is InChI=1S/C40H34FN3O3S/c1-4-47-39(46)35-36(28-10-6-5-7-11-28)42-40-44(37(35)29-18-16-27(17-19-29)25(2)3)38(45)34(48-40)22-30-24-43(33-13-9-8-12-32(30)33)23-26-14-20-31(41)21-15-26/h5-22,24-25,37H,4,23H2,1-3H3/b34-22-/t37-/m1/s1. The number of carbonyl (C=O) groups is 1. The highest BCUT2D eigenvalue weighted by molar-refractivity contribution is 7.07. The van der Waals surface area contributed by atoms with E-state index in [9.17, 15) is 14.0 Å². The molecule has 3 heterocycles. The topological polar surface area (TPSA) is 65.6 Å². The molecular formula is C40H34FN3O3S. The normalized spacial score (nSPS) is 14.8. The third kappa shape index (κ3) is 5.84. The minimum Gasteiger partial charge on any atom is -0.463 e. The lowest BCUT2D eigenvalue weighted by atomic mass is 9.91. The quantitative estimate of drug-likeness (QED) is 0.163. The predicted molar refractivity (Wildman–Crippen MR) is 189 cm³/mol. The third-order valence-electron chi connectivity index (χ3n) is 8.66. The second-order valence-electron chi connectivity index (χ2n) is 12.1. The lowest BCUT2D eigenvalue weighted by Gasteiger charge is -2.26. The Balaban J connectivity index is 1.44. The molecule has 0 spiro atoms. The van der Waals surface area contributed by atoms with Crippen LogP contribution in [0, 0.1) is 5.82 Å². The number of hydrogen-bond acceptors (Lipinski definition) is 5. The van der Waals surface area contributed by atoms with Gasteiger partial charge in [0.15, 0.2) is 4.80 Å². The molecule has 8 heteroatoms. The van der Waals surface area contributed by atoms with Gasteiger partial charge in [-0.05, 0) is 53.8 Å². The van der Waals surface area contributed by atoms with E-state index in [0.717, 1.165) is 38.7 Å². The van der Waals surface area contributed by atoms with Gasteiger partial charge in [0.05, 0.1) is 28.5 Å². The average Bonchev–Trinajstić information content (AvgIpc) is 3.61. The molecule has 1 aliphatic rings. The molecule has 2 aromatic heterocycles. The first-order chi connectivity index (χ1) is 23.3. The number of thiazole rings is 1. The Hall–Kier alpha value is -5.34. The van der Waals surface area contributed by atoms with E-state index < -0.39 is 12.0 Å². The Morgan fingerprint density at radius 1 is 0.958 bits per heavy atom. The first-order valence-electron chi connectivity index (χ1n) is 16.0. The highest BCUT2D eigenvalue weighted by atomic mass is 32.1. The highest BCUT2D eigenvalue weighted by Gasteiger charge is 2.35. The number of carbonyl (C=O) groups excluding carboxylic acids is 1. The molecule has 7 rings (SSSR count). The Morgan fingerprint density at radius 2 is 1.67 bits per heavy atom. The zero-order valence-corrected chi connectivity index (χ0v) is 27.7. The van der Waals surface area contributed by atoms with E-state index in [1.54, 1.807) is 23.6 Å². The number of ether oxygens (including phenoxy) is 1. The summed E-state index contributed by atoms with van der Waals surface area (Å²) in [6, 6.07) is 31.4. The van der Waals surface area contributed by atoms with Crippen molar-refractivity contribution in [1.82, 2.24) is 9.13 Å². The molecule has 0 amide bonds. The van der Waals surface area contributed by atoms with E-state index in [-0.39, 0.29) is 18.0 Å². The number of hydrogen-bond donors (Lipinski definition) is 0. The van der Waals surface area contributed by atoms with Gasteiger partial charge in [0.25, 0.3) is 5.56 Å². The van der Waals surface area contributed by atoms with Crippen LogP contribution in [-0.4, -0.2) is 21.7 Å². The van der Waals surface area contributed by atoms with Crippen LogP contribution in [0.5, 0.6) is 0 Å². The Morgan fingerprint density at radius 3 is 2.38 bits per heavy atom. The Labute approximate surface area is 281 Å². The van der Waals surface area contributed by atoms with Gasteiger partial charge in [0.1, 0.15) is 5.82 Å². The van der Waals surface area contributed by atoms with Crippen LogP contribution in [0.1, 0.15) is 60.5 Å². The monoisotopic (exact) mass is 655 g/mol. The zero-order valence-electron chi connectivity index (χ0n) is 26.9. The Kier molecular flexibility index (Phi) is 8.50. The number of aromatic nitrogens is 2. The maximum atomic E-state index is 14.5. The Bertz CT molecular complexity index is 2350. The number of esters is 1. The van der Waals surface area contributed by atoms with Gasteiger partial charge in [-0.15, -0.1) is 0 Å². The molecule has 4 aromatic carbocycles. The van der Waals surface area contributed by atoms with Gasteiger partial charge in [0, 0.05) is 34.8 Å². The summed E-state index contributed by atoms with van der Waals surface area (Å²) in [4.78, 5) is 33.8. The zero-order chi connectivity index (χ0) is 33.4. The molecule has 0 radical (unpaired) electrons. The maximum absolute atomic E-state index is 14.5. The van der Waals surface area contributed by atoms with Crippen molar-refractivity contribution >= 4 is 40.0 Å². The third-order valence-corrected chi connectivity index (χ3v) is 9.65. The van der Waals surface area contributed by atoms with Crippen molar-refractivity contribution in [3.8, 4) is 0 Å². The number of nitrogens with zero attached hydrogens (tertiary/aromatic N) is 3. The lowest BCUT2D eigenvalue weighted by molar-refractivity contribution is -0.138. The number of benzene rings is 4. The summed E-state index contributed by atoms with van der Waals surface area (Å²) in [5.41, 5.74) is 6.16. The summed E-state index contributed by atoms with van der Waals surface area (Å²) in [5.74, 6) is -0.453. The van der Waals surface area contributed by atoms with Gasteiger partial charge in [-0.1, -0.05) is 110 Å². The fourth-order valence-corrected chi connectivity index (χ4v) is 7.26. The van der Waals surface area contributed by atoms with Crippen LogP contribution in [0.25, 0.3) is 22.7 Å². The smallest absolute Gasteiger partial charge is 0.338 e. The van der Waals surface area contributed by atoms with Gasteiger partial charge in [-0.2, -0.15) is 0 Å². The summed E-state index contributed by atoms with van der Waals surface area (Å²) in [5, 5.41) is 0.989. The molecule has 6 aromatic rings. The molecule has 6 nitrogen and oxygen atoms in total. The van der Waals surface area contributed by atoms with E-state index in [0.29, 0.717) is 33.1 Å². The number of rotatable bonds is 8. The SMILES string of the molecule is CCOC(=O)C1=C(c2ccccc2)N=c2s/c(=C\c3cn(Cc4ccc(F)cc4)c4ccccc34)c(=O)n2[C@@H]1c1ccc(C(C)C)cc1. The molecule has 1 aliphatic heterocycles. The van der Waals surface area contributed by atoms with E-state index in [1.807, 2.05) is 79.0 Å². The predicted octanol–water partition coefficient (Wildman–Crippen LogP) is 7.20. The number of para-hydroxylation sites is 1. The summed E-state index contributed by atoms with van der Waals surface area (Å²) in [7, 11) is 0. The fraction of sp³-hybridized carbons (Fsp3) is 0.175. The first-order valence-corrected chi connectivity index (χ1v) is 16.8. The van der Waals surface area contributed by atoms with Crippen LogP contribution in [0.3, 0.4) is 0 Å². The molecule has 0 aliphatic carbocycles. The molecule has 48 heavy (non-hydrogen) atoms. The summed E-state index contributed by atoms with van der Waals surface area (Å²) in [6.07, 6.45) is 3.93. The number of fused-ring (bicyclic) bond motifs is 2.